The third-order valence-electron chi connectivity index (χ3n) is 9.66. The molecular formula is C45H48N4O. The Morgan fingerprint density at radius 3 is 2.30 bits per heavy atom. The fourth-order valence-corrected chi connectivity index (χ4v) is 7.18. The summed E-state index contributed by atoms with van der Waals surface area (Å²) >= 11 is 0. The number of aryl methyl sites for hydroxylation is 3. The average Bonchev–Trinajstić information content (AvgIpc) is 3.65. The summed E-state index contributed by atoms with van der Waals surface area (Å²) in [6.45, 7) is 13.5. The van der Waals surface area contributed by atoms with Crippen molar-refractivity contribution in [3.05, 3.63) is 132 Å². The van der Waals surface area contributed by atoms with Crippen molar-refractivity contribution in [2.24, 2.45) is 5.41 Å². The number of fused-ring (bicyclic) bond motifs is 3. The Morgan fingerprint density at radius 2 is 1.54 bits per heavy atom. The normalized spacial score (nSPS) is 11.9. The smallest absolute Gasteiger partial charge is 0.137 e. The molecule has 3 aromatic heterocycles. The maximum Gasteiger partial charge on any atom is 0.137 e. The van der Waals surface area contributed by atoms with Crippen molar-refractivity contribution >= 4 is 21.8 Å². The summed E-state index contributed by atoms with van der Waals surface area (Å²) in [6.07, 6.45) is 8.40. The van der Waals surface area contributed by atoms with Crippen LogP contribution >= 0.6 is 0 Å². The van der Waals surface area contributed by atoms with Crippen molar-refractivity contribution in [2.45, 2.75) is 80.1 Å². The van der Waals surface area contributed by atoms with Crippen LogP contribution in [0.4, 0.5) is 0 Å². The average molecular weight is 661 g/mol. The highest BCUT2D eigenvalue weighted by Gasteiger charge is 2.19. The van der Waals surface area contributed by atoms with E-state index in [1.807, 2.05) is 18.3 Å². The van der Waals surface area contributed by atoms with Crippen LogP contribution in [-0.4, -0.2) is 19.3 Å². The van der Waals surface area contributed by atoms with Gasteiger partial charge >= 0.3 is 0 Å². The fourth-order valence-electron chi connectivity index (χ4n) is 7.18. The van der Waals surface area contributed by atoms with Crippen molar-refractivity contribution < 1.29 is 4.74 Å². The van der Waals surface area contributed by atoms with Crippen molar-refractivity contribution in [2.75, 3.05) is 0 Å². The fraction of sp³-hybridized carbons (Fsp3) is 0.289. The summed E-state index contributed by atoms with van der Waals surface area (Å²) in [4.78, 5) is 4.81. The number of hydrogen-bond acceptors (Lipinski definition) is 3. The van der Waals surface area contributed by atoms with Gasteiger partial charge < -0.3 is 4.74 Å². The molecule has 7 aromatic rings. The van der Waals surface area contributed by atoms with Crippen LogP contribution in [-0.2, 0) is 19.3 Å². The Bertz CT molecular complexity index is 2270. The summed E-state index contributed by atoms with van der Waals surface area (Å²) in [7, 11) is 0. The predicted molar refractivity (Wildman–Crippen MR) is 208 cm³/mol. The van der Waals surface area contributed by atoms with Gasteiger partial charge in [0.05, 0.1) is 28.1 Å². The highest BCUT2D eigenvalue weighted by molar-refractivity contribution is 6.09. The quantitative estimate of drug-likeness (QED) is 0.130. The van der Waals surface area contributed by atoms with Gasteiger partial charge in [-0.25, -0.2) is 9.67 Å². The maximum absolute atomic E-state index is 6.62. The van der Waals surface area contributed by atoms with Crippen LogP contribution in [0.25, 0.3) is 44.4 Å². The molecule has 254 valence electrons. The molecule has 0 aliphatic rings. The number of benzene rings is 4. The van der Waals surface area contributed by atoms with Gasteiger partial charge in [-0.2, -0.15) is 5.10 Å². The van der Waals surface area contributed by atoms with Crippen LogP contribution in [0.1, 0.15) is 76.4 Å². The number of aromatic nitrogens is 4. The van der Waals surface area contributed by atoms with E-state index >= 15 is 0 Å². The Balaban J connectivity index is 1.25. The summed E-state index contributed by atoms with van der Waals surface area (Å²) in [5, 5.41) is 7.55. The molecule has 5 nitrogen and oxygen atoms in total. The van der Waals surface area contributed by atoms with E-state index < -0.39 is 0 Å². The van der Waals surface area contributed by atoms with Crippen LogP contribution < -0.4 is 4.74 Å². The van der Waals surface area contributed by atoms with Gasteiger partial charge in [-0.15, -0.1) is 0 Å². The molecule has 4 aromatic carbocycles. The van der Waals surface area contributed by atoms with E-state index in [0.29, 0.717) is 5.41 Å². The molecule has 0 amide bonds. The van der Waals surface area contributed by atoms with Gasteiger partial charge in [0.15, 0.2) is 0 Å². The monoisotopic (exact) mass is 660 g/mol. The predicted octanol–water partition coefficient (Wildman–Crippen LogP) is 12.0. The number of pyridine rings is 1. The van der Waals surface area contributed by atoms with Gasteiger partial charge in [-0.05, 0) is 110 Å². The zero-order valence-corrected chi connectivity index (χ0v) is 30.3. The number of rotatable bonds is 11. The zero-order chi connectivity index (χ0) is 34.8. The van der Waals surface area contributed by atoms with Crippen molar-refractivity contribution in [1.29, 1.82) is 0 Å². The first-order valence-corrected chi connectivity index (χ1v) is 18.2. The molecule has 5 heteroatoms. The van der Waals surface area contributed by atoms with E-state index in [1.54, 1.807) is 0 Å². The molecular weight excluding hydrogens is 613 g/mol. The minimum absolute atomic E-state index is 0.376. The molecule has 7 rings (SSSR count). The van der Waals surface area contributed by atoms with Gasteiger partial charge in [-0.3, -0.25) is 4.57 Å². The van der Waals surface area contributed by atoms with Crippen LogP contribution in [0, 0.1) is 12.3 Å². The Hall–Kier alpha value is -5.16. The molecule has 0 atom stereocenters. The number of hydrogen-bond donors (Lipinski definition) is 0. The van der Waals surface area contributed by atoms with E-state index in [9.17, 15) is 0 Å². The third-order valence-corrected chi connectivity index (χ3v) is 9.66. The summed E-state index contributed by atoms with van der Waals surface area (Å²) in [5.41, 5.74) is 10.9. The highest BCUT2D eigenvalue weighted by Crippen LogP contribution is 2.37. The molecule has 0 radical (unpaired) electrons. The van der Waals surface area contributed by atoms with Crippen LogP contribution in [0.3, 0.4) is 0 Å². The van der Waals surface area contributed by atoms with Gasteiger partial charge in [-0.1, -0.05) is 83.5 Å². The standard InChI is InChI=1S/C45H48N4O/c1-7-39-44(33-16-10-9-11-17-33)40(8-2)49(47-39)34-18-14-19-35(29-34)50-36-21-22-37-38-28-32(15-12-13-25-45(4,5)6)20-23-41(38)48(42(37)30-36)43-27-31(3)24-26-46-43/h9-11,14,16-24,26-30H,7-8,12-13,15,25H2,1-6H3. The summed E-state index contributed by atoms with van der Waals surface area (Å²) < 4.78 is 11.0. The molecule has 0 fully saturated rings. The van der Waals surface area contributed by atoms with Crippen LogP contribution in [0.5, 0.6) is 11.5 Å². The molecule has 0 aliphatic carbocycles. The number of unbranched alkanes of at least 4 members (excludes halogenated alkanes) is 1. The maximum atomic E-state index is 6.62. The van der Waals surface area contributed by atoms with Crippen LogP contribution in [0.2, 0.25) is 0 Å². The largest absolute Gasteiger partial charge is 0.457 e. The first-order chi connectivity index (χ1) is 24.2. The molecule has 3 heterocycles. The minimum atomic E-state index is 0.376. The topological polar surface area (TPSA) is 44.9 Å². The minimum Gasteiger partial charge on any atom is -0.457 e. The number of nitrogens with zero attached hydrogens (tertiary/aromatic N) is 4. The van der Waals surface area contributed by atoms with Gasteiger partial charge in [0.2, 0.25) is 0 Å². The summed E-state index contributed by atoms with van der Waals surface area (Å²) in [5.74, 6) is 2.46. The zero-order valence-electron chi connectivity index (χ0n) is 30.3. The van der Waals surface area contributed by atoms with Crippen molar-refractivity contribution in [3.63, 3.8) is 0 Å². The summed E-state index contributed by atoms with van der Waals surface area (Å²) in [6, 6.07) is 36.5. The molecule has 0 bridgehead atoms. The molecule has 0 aliphatic heterocycles. The first-order valence-electron chi connectivity index (χ1n) is 18.2. The lowest BCUT2D eigenvalue weighted by Gasteiger charge is -2.17. The molecule has 0 saturated heterocycles. The molecule has 50 heavy (non-hydrogen) atoms. The second kappa shape index (κ2) is 14.0. The third kappa shape index (κ3) is 6.82. The highest BCUT2D eigenvalue weighted by atomic mass is 16.5. The Labute approximate surface area is 296 Å². The van der Waals surface area contributed by atoms with Crippen molar-refractivity contribution in [1.82, 2.24) is 19.3 Å². The lowest BCUT2D eigenvalue weighted by Crippen LogP contribution is -2.04. The Kier molecular flexibility index (Phi) is 9.33. The van der Waals surface area contributed by atoms with Gasteiger partial charge in [0, 0.05) is 34.7 Å². The van der Waals surface area contributed by atoms with Crippen LogP contribution in [0.15, 0.2) is 109 Å². The lowest BCUT2D eigenvalue weighted by molar-refractivity contribution is 0.360. The molecule has 0 N–H and O–H groups in total. The Morgan fingerprint density at radius 1 is 0.720 bits per heavy atom. The first kappa shape index (κ1) is 33.3. The van der Waals surface area contributed by atoms with Gasteiger partial charge in [0.25, 0.3) is 0 Å². The lowest BCUT2D eigenvalue weighted by atomic mass is 9.89. The van der Waals surface area contributed by atoms with E-state index in [0.717, 1.165) is 59.0 Å². The van der Waals surface area contributed by atoms with E-state index in [1.165, 1.54) is 58.0 Å². The molecule has 0 unspecified atom stereocenters. The van der Waals surface area contributed by atoms with Gasteiger partial charge in [0.1, 0.15) is 17.3 Å². The SMILES string of the molecule is CCc1nn(-c2cccc(Oc3ccc4c5cc(CCCCC(C)(C)C)ccc5n(-c5cc(C)ccn5)c4c3)c2)c(CC)c1-c1ccccc1. The number of ether oxygens (including phenoxy) is 1. The molecule has 0 saturated carbocycles. The van der Waals surface area contributed by atoms with E-state index in [-0.39, 0.29) is 0 Å². The second-order valence-electron chi connectivity index (χ2n) is 14.7. The molecule has 0 spiro atoms. The van der Waals surface area contributed by atoms with E-state index in [2.05, 4.69) is 142 Å². The van der Waals surface area contributed by atoms with E-state index in [4.69, 9.17) is 14.8 Å². The van der Waals surface area contributed by atoms with Crippen molar-refractivity contribution in [3.8, 4) is 34.1 Å². The second-order valence-corrected chi connectivity index (χ2v) is 14.7.